The van der Waals surface area contributed by atoms with E-state index in [1.807, 2.05) is 20.8 Å². The normalized spacial score (nSPS) is 19.7. The lowest BCUT2D eigenvalue weighted by molar-refractivity contribution is -0.0397. The Bertz CT molecular complexity index is 917. The third-order valence-corrected chi connectivity index (χ3v) is 6.17. The molecule has 168 valence electrons. The van der Waals surface area contributed by atoms with Crippen LogP contribution in [0.4, 0.5) is 4.39 Å². The van der Waals surface area contributed by atoms with E-state index in [4.69, 9.17) is 16.4 Å². The lowest BCUT2D eigenvalue weighted by Gasteiger charge is -2.39. The number of hydroxylamine groups is 1. The molecule has 3 aliphatic rings. The molecule has 1 aromatic carbocycles. The summed E-state index contributed by atoms with van der Waals surface area (Å²) in [5.74, 6) is 0.0993. The first-order valence-corrected chi connectivity index (χ1v) is 10.9. The molecular formula is C21H28ClFN6O2. The number of nitrogens with one attached hydrogen (secondary N) is 2. The molecule has 10 heteroatoms. The summed E-state index contributed by atoms with van der Waals surface area (Å²) in [5.41, 5.74) is 3.25. The largest absolute Gasteiger partial charge is 0.359 e. The number of aliphatic imine (C=N–C) groups is 1. The number of hydrogen-bond donors (Lipinski definition) is 2. The topological polar surface area (TPSA) is 72.4 Å². The van der Waals surface area contributed by atoms with Crippen molar-refractivity contribution in [1.29, 1.82) is 0 Å². The van der Waals surface area contributed by atoms with Gasteiger partial charge in [0.25, 0.3) is 5.91 Å². The molecule has 4 rings (SSSR count). The highest BCUT2D eigenvalue weighted by atomic mass is 35.5. The molecule has 2 fully saturated rings. The molecule has 1 aromatic rings. The van der Waals surface area contributed by atoms with Crippen LogP contribution in [0.15, 0.2) is 35.2 Å². The molecular weight excluding hydrogens is 423 g/mol. The second-order valence-corrected chi connectivity index (χ2v) is 8.88. The third kappa shape index (κ3) is 4.43. The zero-order valence-corrected chi connectivity index (χ0v) is 18.7. The number of amidine groups is 1. The van der Waals surface area contributed by atoms with Crippen molar-refractivity contribution in [3.05, 3.63) is 41.6 Å². The van der Waals surface area contributed by atoms with Crippen molar-refractivity contribution >= 4 is 22.8 Å². The zero-order chi connectivity index (χ0) is 22.2. The van der Waals surface area contributed by atoms with Crippen LogP contribution < -0.4 is 15.6 Å². The summed E-state index contributed by atoms with van der Waals surface area (Å²) < 4.78 is 14.0. The molecule has 0 bridgehead atoms. The number of likely N-dealkylation sites (tertiary alicyclic amines) is 1. The van der Waals surface area contributed by atoms with Gasteiger partial charge in [-0.3, -0.25) is 4.79 Å². The molecule has 2 saturated heterocycles. The number of carbonyl (C=O) groups excluding carboxylic acids is 1. The van der Waals surface area contributed by atoms with Gasteiger partial charge in [-0.25, -0.2) is 9.82 Å². The molecule has 31 heavy (non-hydrogen) atoms. The van der Waals surface area contributed by atoms with Gasteiger partial charge in [-0.15, -0.1) is 5.17 Å². The molecule has 8 nitrogen and oxygen atoms in total. The van der Waals surface area contributed by atoms with E-state index < -0.39 is 5.82 Å². The average molecular weight is 451 g/mol. The second-order valence-electron chi connectivity index (χ2n) is 8.52. The number of amides is 1. The molecule has 1 spiro atoms. The molecule has 0 aliphatic carbocycles. The van der Waals surface area contributed by atoms with Gasteiger partial charge in [-0.05, 0) is 57.0 Å². The fraction of sp³-hybridized carbons (Fsp3) is 0.524. The van der Waals surface area contributed by atoms with Crippen LogP contribution >= 0.6 is 11.6 Å². The van der Waals surface area contributed by atoms with Crippen LogP contribution in [-0.2, 0) is 0 Å². The third-order valence-electron chi connectivity index (χ3n) is 6.00. The Morgan fingerprint density at radius 1 is 1.42 bits per heavy atom. The predicted octanol–water partition coefficient (Wildman–Crippen LogP) is 2.50. The summed E-state index contributed by atoms with van der Waals surface area (Å²) in [5, 5.41) is 4.80. The summed E-state index contributed by atoms with van der Waals surface area (Å²) in [6, 6.07) is 3.87. The van der Waals surface area contributed by atoms with Crippen LogP contribution in [0.5, 0.6) is 5.75 Å². The molecule has 3 heterocycles. The van der Waals surface area contributed by atoms with Gasteiger partial charge < -0.3 is 20.0 Å². The predicted molar refractivity (Wildman–Crippen MR) is 117 cm³/mol. The minimum Gasteiger partial charge on any atom is -0.359 e. The number of halogens is 2. The molecule has 0 atom stereocenters. The lowest BCUT2D eigenvalue weighted by atomic mass is 9.81. The first kappa shape index (κ1) is 21.7. The number of carbonyl (C=O) groups is 1. The number of hydrazine groups is 1. The Kier molecular flexibility index (Phi) is 5.98. The van der Waals surface area contributed by atoms with Gasteiger partial charge >= 0.3 is 0 Å². The van der Waals surface area contributed by atoms with Crippen molar-refractivity contribution in [2.24, 2.45) is 10.4 Å². The first-order chi connectivity index (χ1) is 14.8. The van der Waals surface area contributed by atoms with E-state index in [0.717, 1.165) is 32.6 Å². The molecule has 1 amide bonds. The number of hydrogen-bond acceptors (Lipinski definition) is 7. The van der Waals surface area contributed by atoms with Crippen LogP contribution in [0.1, 0.15) is 37.6 Å². The van der Waals surface area contributed by atoms with E-state index >= 15 is 0 Å². The highest BCUT2D eigenvalue weighted by Crippen LogP contribution is 2.36. The Labute approximate surface area is 186 Å². The van der Waals surface area contributed by atoms with E-state index in [1.165, 1.54) is 23.4 Å². The number of rotatable bonds is 6. The van der Waals surface area contributed by atoms with Crippen molar-refractivity contribution in [3.63, 3.8) is 0 Å². The van der Waals surface area contributed by atoms with E-state index in [0.29, 0.717) is 17.8 Å². The smallest absolute Gasteiger partial charge is 0.258 e. The summed E-state index contributed by atoms with van der Waals surface area (Å²) in [6.45, 7) is 10.0. The Balaban J connectivity index is 1.55. The van der Waals surface area contributed by atoms with Crippen molar-refractivity contribution < 1.29 is 14.0 Å². The second kappa shape index (κ2) is 8.55. The van der Waals surface area contributed by atoms with Crippen molar-refractivity contribution in [2.75, 3.05) is 32.7 Å². The van der Waals surface area contributed by atoms with Gasteiger partial charge in [0.2, 0.25) is 5.29 Å². The van der Waals surface area contributed by atoms with E-state index in [-0.39, 0.29) is 28.6 Å². The van der Waals surface area contributed by atoms with Crippen molar-refractivity contribution in [1.82, 2.24) is 25.7 Å². The van der Waals surface area contributed by atoms with E-state index in [2.05, 4.69) is 20.6 Å². The van der Waals surface area contributed by atoms with Crippen molar-refractivity contribution in [3.8, 4) is 5.75 Å². The first-order valence-electron chi connectivity index (χ1n) is 10.6. The summed E-state index contributed by atoms with van der Waals surface area (Å²) in [4.78, 5) is 27.2. The Morgan fingerprint density at radius 3 is 2.81 bits per heavy atom. The molecule has 0 unspecified atom stereocenters. The molecule has 0 aromatic heterocycles. The molecule has 0 radical (unpaired) electrons. The average Bonchev–Trinajstić information content (AvgIpc) is 3.15. The fourth-order valence-electron chi connectivity index (χ4n) is 4.23. The van der Waals surface area contributed by atoms with Gasteiger partial charge in [-0.2, -0.15) is 4.99 Å². The van der Waals surface area contributed by atoms with E-state index in [9.17, 15) is 9.18 Å². The summed E-state index contributed by atoms with van der Waals surface area (Å²) in [6.07, 6.45) is 2.78. The van der Waals surface area contributed by atoms with Gasteiger partial charge in [0.15, 0.2) is 11.6 Å². The quantitative estimate of drug-likeness (QED) is 0.649. The Morgan fingerprint density at radius 2 is 2.19 bits per heavy atom. The monoisotopic (exact) mass is 450 g/mol. The fourth-order valence-corrected chi connectivity index (χ4v) is 4.40. The minimum absolute atomic E-state index is 0.0294. The van der Waals surface area contributed by atoms with Crippen LogP contribution in [0, 0.1) is 11.2 Å². The maximum Gasteiger partial charge on any atom is 0.258 e. The van der Waals surface area contributed by atoms with Crippen LogP contribution in [0.25, 0.3) is 0 Å². The molecule has 0 saturated carbocycles. The molecule has 2 N–H and O–H groups in total. The highest BCUT2D eigenvalue weighted by Gasteiger charge is 2.44. The van der Waals surface area contributed by atoms with Crippen LogP contribution in [0.3, 0.4) is 0 Å². The van der Waals surface area contributed by atoms with Crippen LogP contribution in [-0.4, -0.2) is 64.9 Å². The minimum atomic E-state index is -0.505. The van der Waals surface area contributed by atoms with Gasteiger partial charge in [0.05, 0.1) is 5.56 Å². The standard InChI is InChI=1S/C21H28ClFN6O2/c1-4-28(14(2)3)19(30)16-9-15(23)5-6-17(16)31-29-10-18(25-20(22)26-29)27-8-7-21(13-27)11-24-12-21/h5-6,9-10,14,24H,4,7-8,11-13H2,1-3H3,(H,25,26). The summed E-state index contributed by atoms with van der Waals surface area (Å²) >= 11 is 6.21. The Hall–Kier alpha value is -2.52. The van der Waals surface area contributed by atoms with Gasteiger partial charge in [0.1, 0.15) is 12.0 Å². The maximum atomic E-state index is 14.0. The zero-order valence-electron chi connectivity index (χ0n) is 18.0. The van der Waals surface area contributed by atoms with Gasteiger partial charge in [0, 0.05) is 44.2 Å². The summed E-state index contributed by atoms with van der Waals surface area (Å²) in [7, 11) is 0. The molecule has 3 aliphatic heterocycles. The number of benzene rings is 1. The number of nitrogens with zero attached hydrogens (tertiary/aromatic N) is 4. The lowest BCUT2D eigenvalue weighted by Crippen LogP contribution is -2.54. The maximum absolute atomic E-state index is 14.0. The van der Waals surface area contributed by atoms with Crippen molar-refractivity contribution in [2.45, 2.75) is 33.2 Å². The highest BCUT2D eigenvalue weighted by molar-refractivity contribution is 6.64. The van der Waals surface area contributed by atoms with Gasteiger partial charge in [-0.1, -0.05) is 0 Å². The SMILES string of the molecule is CCN(C(=O)c1cc(F)ccc1ON1C=C(N2CCC3(CNC3)C2)N=C(Cl)N1)C(C)C. The van der Waals surface area contributed by atoms with E-state index in [1.54, 1.807) is 11.1 Å². The van der Waals surface area contributed by atoms with Crippen LogP contribution in [0.2, 0.25) is 0 Å².